The van der Waals surface area contributed by atoms with Crippen LogP contribution in [-0.4, -0.2) is 32.2 Å². The summed E-state index contributed by atoms with van der Waals surface area (Å²) in [6, 6.07) is 12.4. The van der Waals surface area contributed by atoms with Gasteiger partial charge in [0.15, 0.2) is 0 Å². The fraction of sp³-hybridized carbons (Fsp3) is 0.444. The molecule has 1 fully saturated rings. The minimum atomic E-state index is -0.651. The van der Waals surface area contributed by atoms with Crippen molar-refractivity contribution in [1.82, 2.24) is 19.1 Å². The van der Waals surface area contributed by atoms with Crippen molar-refractivity contribution in [3.63, 3.8) is 0 Å². The summed E-state index contributed by atoms with van der Waals surface area (Å²) in [5.74, 6) is 0.895. The Balaban J connectivity index is 1.69. The van der Waals surface area contributed by atoms with E-state index in [4.69, 9.17) is 9.47 Å². The van der Waals surface area contributed by atoms with E-state index in [-0.39, 0.29) is 12.2 Å². The molecule has 0 amide bonds. The monoisotopic (exact) mass is 507 g/mol. The lowest BCUT2D eigenvalue weighted by Crippen LogP contribution is -2.51. The molecule has 10 nitrogen and oxygen atoms in total. The molecule has 1 saturated carbocycles. The number of ether oxygens (including phenoxy) is 2. The molecule has 1 aliphatic rings. The molecule has 4 rings (SSSR count). The molecule has 1 aliphatic carbocycles. The van der Waals surface area contributed by atoms with Gasteiger partial charge in [0, 0.05) is 25.4 Å². The largest absolute Gasteiger partial charge is 0.469 e. The molecule has 0 saturated heterocycles. The Kier molecular flexibility index (Phi) is 8.37. The van der Waals surface area contributed by atoms with Crippen molar-refractivity contribution in [2.24, 2.45) is 22.7 Å². The van der Waals surface area contributed by atoms with Gasteiger partial charge in [-0.05, 0) is 55.0 Å². The van der Waals surface area contributed by atoms with E-state index in [1.54, 1.807) is 43.5 Å². The molecule has 0 aliphatic heterocycles. The molecule has 196 valence electrons. The first-order valence-electron chi connectivity index (χ1n) is 12.6. The van der Waals surface area contributed by atoms with E-state index in [0.717, 1.165) is 30.3 Å². The van der Waals surface area contributed by atoms with E-state index in [1.165, 1.54) is 11.7 Å². The van der Waals surface area contributed by atoms with Crippen LogP contribution in [0, 0.1) is 17.8 Å². The predicted octanol–water partition coefficient (Wildman–Crippen LogP) is 3.39. The third-order valence-electron chi connectivity index (χ3n) is 6.75. The second kappa shape index (κ2) is 11.9. The van der Waals surface area contributed by atoms with Crippen molar-refractivity contribution in [2.75, 3.05) is 7.11 Å². The van der Waals surface area contributed by atoms with Crippen LogP contribution in [0.3, 0.4) is 0 Å². The Hall–Kier alpha value is -3.95. The quantitative estimate of drug-likeness (QED) is 0.467. The number of carbonyl (C=O) groups is 1. The molecular weight excluding hydrogens is 474 g/mol. The molecule has 0 radical (unpaired) electrons. The third-order valence-corrected chi connectivity index (χ3v) is 6.75. The number of rotatable bonds is 8. The van der Waals surface area contributed by atoms with Crippen molar-refractivity contribution in [3.05, 3.63) is 75.2 Å². The second-order valence-corrected chi connectivity index (χ2v) is 9.68. The molecule has 37 heavy (non-hydrogen) atoms. The zero-order valence-electron chi connectivity index (χ0n) is 21.4. The van der Waals surface area contributed by atoms with E-state index in [9.17, 15) is 14.4 Å². The van der Waals surface area contributed by atoms with Gasteiger partial charge in [-0.25, -0.2) is 24.1 Å². The van der Waals surface area contributed by atoms with Crippen LogP contribution in [0.15, 0.2) is 63.2 Å². The number of H-pyrrole nitrogens is 1. The van der Waals surface area contributed by atoms with Gasteiger partial charge in [0.05, 0.1) is 18.7 Å². The average molecular weight is 508 g/mol. The van der Waals surface area contributed by atoms with Crippen LogP contribution in [-0.2, 0) is 22.6 Å². The lowest BCUT2D eigenvalue weighted by Gasteiger charge is -2.26. The fourth-order valence-electron chi connectivity index (χ4n) is 4.53. The maximum Gasteiger partial charge on any atom is 0.335 e. The summed E-state index contributed by atoms with van der Waals surface area (Å²) in [5, 5.41) is 0. The van der Waals surface area contributed by atoms with Crippen molar-refractivity contribution >= 4 is 11.7 Å². The summed E-state index contributed by atoms with van der Waals surface area (Å²) in [6.45, 7) is 4.22. The minimum absolute atomic E-state index is 0.0810. The van der Waals surface area contributed by atoms with Gasteiger partial charge in [0.25, 0.3) is 0 Å². The number of aromatic nitrogens is 4. The van der Waals surface area contributed by atoms with Gasteiger partial charge in [-0.15, -0.1) is 0 Å². The number of nitrogens with one attached hydrogen (secondary N) is 1. The van der Waals surface area contributed by atoms with Gasteiger partial charge in [-0.1, -0.05) is 32.8 Å². The Morgan fingerprint density at radius 3 is 2.49 bits per heavy atom. The van der Waals surface area contributed by atoms with E-state index in [1.807, 2.05) is 12.1 Å². The molecule has 1 aromatic carbocycles. The lowest BCUT2D eigenvalue weighted by atomic mass is 9.83. The minimum Gasteiger partial charge on any atom is -0.469 e. The first-order valence-corrected chi connectivity index (χ1v) is 12.6. The van der Waals surface area contributed by atoms with E-state index in [0.29, 0.717) is 35.7 Å². The number of pyridine rings is 1. The fourth-order valence-corrected chi connectivity index (χ4v) is 4.53. The number of hydrogen-bond acceptors (Lipinski definition) is 7. The van der Waals surface area contributed by atoms with Crippen molar-refractivity contribution in [2.45, 2.75) is 52.6 Å². The highest BCUT2D eigenvalue weighted by Gasteiger charge is 2.22. The highest BCUT2D eigenvalue weighted by molar-refractivity contribution is 5.71. The topological polar surface area (TPSA) is 121 Å². The third kappa shape index (κ3) is 6.63. The van der Waals surface area contributed by atoms with Crippen LogP contribution in [0.1, 0.15) is 39.5 Å². The summed E-state index contributed by atoms with van der Waals surface area (Å²) in [4.78, 5) is 49.8. The second-order valence-electron chi connectivity index (χ2n) is 9.68. The molecule has 10 heteroatoms. The summed E-state index contributed by atoms with van der Waals surface area (Å²) >= 11 is 0. The van der Waals surface area contributed by atoms with Crippen molar-refractivity contribution < 1.29 is 14.3 Å². The van der Waals surface area contributed by atoms with Crippen LogP contribution in [0.5, 0.6) is 11.6 Å². The van der Waals surface area contributed by atoms with Crippen LogP contribution in [0.25, 0.3) is 0 Å². The highest BCUT2D eigenvalue weighted by Crippen LogP contribution is 2.29. The molecule has 3 aromatic rings. The summed E-state index contributed by atoms with van der Waals surface area (Å²) in [7, 11) is 1.28. The number of carbonyl (C=O) groups excluding carboxylic acids is 1. The van der Waals surface area contributed by atoms with Gasteiger partial charge in [-0.2, -0.15) is 0 Å². The SMILES string of the molecule is COC(=O)[C@@H](C)Cn1c(=O)[nH]/c(=N\c2ccc(Oc3ccccn3)cc2)n(C[C@H]2CC[C@H](C)CC2)c1=O. The smallest absolute Gasteiger partial charge is 0.335 e. The van der Waals surface area contributed by atoms with Gasteiger partial charge in [0.2, 0.25) is 11.5 Å². The van der Waals surface area contributed by atoms with Gasteiger partial charge in [0.1, 0.15) is 5.75 Å². The number of nitrogens with zero attached hydrogens (tertiary/aromatic N) is 4. The van der Waals surface area contributed by atoms with Gasteiger partial charge in [-0.3, -0.25) is 14.3 Å². The standard InChI is InChI=1S/C27H33N5O5/c1-18-7-9-20(10-8-18)17-31-25(30-26(34)32(27(31)35)16-19(2)24(33)36-3)29-21-11-13-22(14-12-21)37-23-6-4-5-15-28-23/h4-6,11-15,18-20H,7-10,16-17H2,1-3H3,(H,29,30,34)/t18-,19-,20-/m0/s1. The predicted molar refractivity (Wildman–Crippen MR) is 138 cm³/mol. The van der Waals surface area contributed by atoms with Crippen LogP contribution < -0.4 is 21.7 Å². The van der Waals surface area contributed by atoms with E-state index >= 15 is 0 Å². The maximum absolute atomic E-state index is 13.5. The number of methoxy groups -OCH3 is 1. The number of esters is 1. The van der Waals surface area contributed by atoms with Crippen LogP contribution >= 0.6 is 0 Å². The maximum atomic E-state index is 13.5. The molecular formula is C27H33N5O5. The van der Waals surface area contributed by atoms with Gasteiger partial charge >= 0.3 is 17.3 Å². The lowest BCUT2D eigenvalue weighted by molar-refractivity contribution is -0.145. The van der Waals surface area contributed by atoms with Gasteiger partial charge < -0.3 is 9.47 Å². The first kappa shape index (κ1) is 26.1. The first-order chi connectivity index (χ1) is 17.8. The van der Waals surface area contributed by atoms with Crippen LogP contribution in [0.2, 0.25) is 0 Å². The highest BCUT2D eigenvalue weighted by atomic mass is 16.5. The zero-order valence-corrected chi connectivity index (χ0v) is 21.4. The molecule has 0 bridgehead atoms. The normalized spacial score (nSPS) is 18.8. The Morgan fingerprint density at radius 1 is 1.11 bits per heavy atom. The molecule has 1 N–H and O–H groups in total. The number of hydrogen-bond donors (Lipinski definition) is 1. The van der Waals surface area contributed by atoms with Crippen molar-refractivity contribution in [1.29, 1.82) is 0 Å². The molecule has 0 unspecified atom stereocenters. The zero-order chi connectivity index (χ0) is 26.4. The summed E-state index contributed by atoms with van der Waals surface area (Å²) < 4.78 is 13.1. The average Bonchev–Trinajstić information content (AvgIpc) is 2.91. The van der Waals surface area contributed by atoms with E-state index < -0.39 is 23.3 Å². The molecule has 2 heterocycles. The Labute approximate surface area is 214 Å². The summed E-state index contributed by atoms with van der Waals surface area (Å²) in [6.07, 6.45) is 5.86. The number of benzene rings is 1. The van der Waals surface area contributed by atoms with Crippen molar-refractivity contribution in [3.8, 4) is 11.6 Å². The molecule has 0 spiro atoms. The Bertz CT molecular complexity index is 1380. The Morgan fingerprint density at radius 2 is 1.84 bits per heavy atom. The molecule has 2 aromatic heterocycles. The molecule has 1 atom stereocenters. The number of aromatic amines is 1. The van der Waals surface area contributed by atoms with E-state index in [2.05, 4.69) is 21.9 Å². The van der Waals surface area contributed by atoms with Crippen LogP contribution in [0.4, 0.5) is 5.69 Å². The summed E-state index contributed by atoms with van der Waals surface area (Å²) in [5.41, 5.74) is -0.390.